The van der Waals surface area contributed by atoms with E-state index in [1.807, 2.05) is 30.3 Å². The molecule has 4 rings (SSSR count). The maximum Gasteiger partial charge on any atom is 0.322 e. The summed E-state index contributed by atoms with van der Waals surface area (Å²) in [6.07, 6.45) is 3.76. The summed E-state index contributed by atoms with van der Waals surface area (Å²) in [6.45, 7) is 0.621. The summed E-state index contributed by atoms with van der Waals surface area (Å²) in [6, 6.07) is 17.9. The van der Waals surface area contributed by atoms with E-state index in [9.17, 15) is 13.6 Å². The molecule has 0 aromatic heterocycles. The van der Waals surface area contributed by atoms with Gasteiger partial charge in [0.1, 0.15) is 0 Å². The Kier molecular flexibility index (Phi) is 5.70. The van der Waals surface area contributed by atoms with Crippen LogP contribution in [-0.4, -0.2) is 45.9 Å². The zero-order chi connectivity index (χ0) is 21.4. The first kappa shape index (κ1) is 21.0. The number of urea groups is 1. The molecule has 7 heteroatoms. The van der Waals surface area contributed by atoms with E-state index in [1.54, 1.807) is 4.90 Å². The summed E-state index contributed by atoms with van der Waals surface area (Å²) in [7, 11) is 4.28. The van der Waals surface area contributed by atoms with Crippen molar-refractivity contribution in [1.82, 2.24) is 10.2 Å². The van der Waals surface area contributed by atoms with Gasteiger partial charge in [-0.25, -0.2) is 9.00 Å². The van der Waals surface area contributed by atoms with Crippen LogP contribution in [0, 0.1) is 0 Å². The molecule has 1 saturated heterocycles. The fourth-order valence-electron chi connectivity index (χ4n) is 5.04. The molecule has 1 unspecified atom stereocenters. The van der Waals surface area contributed by atoms with Crippen molar-refractivity contribution < 1.29 is 13.6 Å². The van der Waals surface area contributed by atoms with Crippen LogP contribution in [0.4, 0.5) is 10.5 Å². The van der Waals surface area contributed by atoms with Crippen LogP contribution in [0.2, 0.25) is 0 Å². The van der Waals surface area contributed by atoms with E-state index in [0.29, 0.717) is 6.54 Å². The zero-order valence-electron chi connectivity index (χ0n) is 17.5. The smallest absolute Gasteiger partial charge is 0.322 e. The summed E-state index contributed by atoms with van der Waals surface area (Å²) in [4.78, 5) is 16.9. The van der Waals surface area contributed by atoms with Crippen LogP contribution >= 0.6 is 0 Å². The molecule has 2 N–H and O–H groups in total. The van der Waals surface area contributed by atoms with Gasteiger partial charge in [0.15, 0.2) is 11.1 Å². The third-order valence-corrected chi connectivity index (χ3v) is 7.37. The van der Waals surface area contributed by atoms with E-state index < -0.39 is 11.1 Å². The summed E-state index contributed by atoms with van der Waals surface area (Å²) in [5.41, 5.74) is 2.61. The van der Waals surface area contributed by atoms with Crippen LogP contribution in [0.15, 0.2) is 54.6 Å². The van der Waals surface area contributed by atoms with Gasteiger partial charge in [0.2, 0.25) is 0 Å². The van der Waals surface area contributed by atoms with Gasteiger partial charge in [-0.05, 0) is 63.0 Å². The molecule has 6 nitrogen and oxygen atoms in total. The Morgan fingerprint density at radius 1 is 1.07 bits per heavy atom. The minimum atomic E-state index is -1.90. The number of hydrogen-bond donors (Lipinski definition) is 2. The first-order chi connectivity index (χ1) is 14.3. The second-order valence-corrected chi connectivity index (χ2v) is 9.66. The van der Waals surface area contributed by atoms with Crippen molar-refractivity contribution in [1.29, 1.82) is 0 Å². The first-order valence-corrected chi connectivity index (χ1v) is 11.6. The number of benzene rings is 2. The summed E-state index contributed by atoms with van der Waals surface area (Å²) in [5, 5.41) is 3.27. The fraction of sp³-hybridized carbons (Fsp3) is 0.435. The summed E-state index contributed by atoms with van der Waals surface area (Å²) < 4.78 is 20.3. The average Bonchev–Trinajstić information content (AvgIpc) is 3.05. The lowest BCUT2D eigenvalue weighted by Crippen LogP contribution is -2.54. The number of nitrogens with zero attached hydrogens (tertiary/aromatic N) is 2. The van der Waals surface area contributed by atoms with Crippen molar-refractivity contribution in [3.8, 4) is 0 Å². The predicted octanol–water partition coefficient (Wildman–Crippen LogP) is 3.71. The maximum atomic E-state index is 12.8. The molecular weight excluding hydrogens is 398 g/mol. The first-order valence-electron chi connectivity index (χ1n) is 10.3. The van der Waals surface area contributed by atoms with Gasteiger partial charge in [-0.3, -0.25) is 9.80 Å². The van der Waals surface area contributed by atoms with E-state index in [0.717, 1.165) is 36.9 Å². The molecule has 160 valence electrons. The van der Waals surface area contributed by atoms with Crippen molar-refractivity contribution in [2.24, 2.45) is 0 Å². The van der Waals surface area contributed by atoms with E-state index in [1.165, 1.54) is 5.56 Å². The van der Waals surface area contributed by atoms with Crippen LogP contribution in [0.1, 0.15) is 36.8 Å². The van der Waals surface area contributed by atoms with Crippen molar-refractivity contribution in [2.75, 3.05) is 25.5 Å². The van der Waals surface area contributed by atoms with Gasteiger partial charge < -0.3 is 9.87 Å². The van der Waals surface area contributed by atoms with E-state index in [-0.39, 0.29) is 22.9 Å². The van der Waals surface area contributed by atoms with Crippen LogP contribution in [-0.2, 0) is 22.4 Å². The van der Waals surface area contributed by atoms with Gasteiger partial charge in [0.25, 0.3) is 0 Å². The summed E-state index contributed by atoms with van der Waals surface area (Å²) in [5.74, 6) is 0.0663. The van der Waals surface area contributed by atoms with Gasteiger partial charge in [-0.1, -0.05) is 42.5 Å². The van der Waals surface area contributed by atoms with E-state index in [2.05, 4.69) is 48.6 Å². The highest BCUT2D eigenvalue weighted by atomic mass is 32.2. The molecule has 0 bridgehead atoms. The van der Waals surface area contributed by atoms with Gasteiger partial charge in [0, 0.05) is 11.2 Å². The third kappa shape index (κ3) is 3.89. The summed E-state index contributed by atoms with van der Waals surface area (Å²) >= 11 is -1.90. The average molecular weight is 428 g/mol. The monoisotopic (exact) mass is 427 g/mol. The molecule has 0 radical (unpaired) electrons. The van der Waals surface area contributed by atoms with Crippen LogP contribution in [0.25, 0.3) is 0 Å². The molecule has 1 heterocycles. The minimum absolute atomic E-state index is 0.0181. The molecule has 2 aromatic rings. The number of amides is 2. The number of rotatable bonds is 5. The molecule has 1 atom stereocenters. The zero-order valence-corrected chi connectivity index (χ0v) is 18.3. The van der Waals surface area contributed by atoms with Gasteiger partial charge in [-0.2, -0.15) is 0 Å². The standard InChI is InChI=1S/C23H29N3O3S/c1-25(2)23(19-8-4-3-5-9-19)13-11-22(12-14-23)17-26(21(27)24-22)20-10-6-7-18(15-20)16-30(28)29/h3-10,15H,11-14,16-17H2,1-2H3,(H,24,27)(H,28,29). The molecule has 1 aliphatic heterocycles. The van der Waals surface area contributed by atoms with E-state index >= 15 is 0 Å². The lowest BCUT2D eigenvalue weighted by atomic mass is 9.69. The predicted molar refractivity (Wildman–Crippen MR) is 120 cm³/mol. The highest BCUT2D eigenvalue weighted by molar-refractivity contribution is 7.78. The van der Waals surface area contributed by atoms with E-state index in [4.69, 9.17) is 0 Å². The highest BCUT2D eigenvalue weighted by Gasteiger charge is 2.50. The largest absolute Gasteiger partial charge is 0.330 e. The number of carbonyl (C=O) groups excluding carboxylic acids is 1. The van der Waals surface area contributed by atoms with Crippen LogP contribution < -0.4 is 10.2 Å². The molecule has 1 spiro atoms. The third-order valence-electron chi connectivity index (χ3n) is 6.79. The molecule has 2 aromatic carbocycles. The van der Waals surface area contributed by atoms with Crippen molar-refractivity contribution in [2.45, 2.75) is 42.5 Å². The number of carbonyl (C=O) groups is 1. The quantitative estimate of drug-likeness (QED) is 0.714. The fourth-order valence-corrected chi connectivity index (χ4v) is 5.51. The molecule has 2 aliphatic rings. The Bertz CT molecular complexity index is 940. The normalized spacial score (nSPS) is 27.5. The van der Waals surface area contributed by atoms with Crippen molar-refractivity contribution >= 4 is 22.8 Å². The molecule has 1 aliphatic carbocycles. The Balaban J connectivity index is 1.53. The van der Waals surface area contributed by atoms with Gasteiger partial charge in [-0.15, -0.1) is 0 Å². The second-order valence-electron chi connectivity index (χ2n) is 8.72. The minimum Gasteiger partial charge on any atom is -0.330 e. The van der Waals surface area contributed by atoms with Crippen LogP contribution in [0.3, 0.4) is 0 Å². The molecular formula is C23H29N3O3S. The number of hydrogen-bond acceptors (Lipinski definition) is 3. The lowest BCUT2D eigenvalue weighted by Gasteiger charge is -2.48. The Hall–Kier alpha value is -2.22. The SMILES string of the molecule is CN(C)C1(c2ccccc2)CCC2(CC1)CN(c1cccc(CS(=O)O)c1)C(=O)N2. The Morgan fingerprint density at radius 3 is 2.40 bits per heavy atom. The topological polar surface area (TPSA) is 72.9 Å². The van der Waals surface area contributed by atoms with Crippen LogP contribution in [0.5, 0.6) is 0 Å². The van der Waals surface area contributed by atoms with Gasteiger partial charge in [0.05, 0.1) is 17.8 Å². The molecule has 2 fully saturated rings. The van der Waals surface area contributed by atoms with Crippen molar-refractivity contribution in [3.05, 3.63) is 65.7 Å². The number of anilines is 1. The second kappa shape index (κ2) is 8.13. The lowest BCUT2D eigenvalue weighted by molar-refractivity contribution is 0.0658. The van der Waals surface area contributed by atoms with Crippen molar-refractivity contribution in [3.63, 3.8) is 0 Å². The van der Waals surface area contributed by atoms with Gasteiger partial charge >= 0.3 is 6.03 Å². The molecule has 1 saturated carbocycles. The Morgan fingerprint density at radius 2 is 1.77 bits per heavy atom. The maximum absolute atomic E-state index is 12.8. The molecule has 2 amide bonds. The highest BCUT2D eigenvalue weighted by Crippen LogP contribution is 2.46. The molecule has 30 heavy (non-hydrogen) atoms. The Labute approximate surface area is 180 Å². The number of nitrogens with one attached hydrogen (secondary N) is 1.